The summed E-state index contributed by atoms with van der Waals surface area (Å²) in [6.07, 6.45) is 1.94. The number of fused-ring (bicyclic) bond motifs is 3. The summed E-state index contributed by atoms with van der Waals surface area (Å²) in [7, 11) is 1.62. The van der Waals surface area contributed by atoms with Gasteiger partial charge in [0.2, 0.25) is 5.95 Å². The monoisotopic (exact) mass is 411 g/mol. The number of carbonyl (C=O) groups excluding carboxylic acids is 1. The van der Waals surface area contributed by atoms with Gasteiger partial charge in [0.15, 0.2) is 10.6 Å². The fourth-order valence-electron chi connectivity index (χ4n) is 4.25. The maximum Gasteiger partial charge on any atom is 0.322 e. The van der Waals surface area contributed by atoms with Crippen molar-refractivity contribution in [3.05, 3.63) is 29.8 Å². The lowest BCUT2D eigenvalue weighted by atomic mass is 10.2. The lowest BCUT2D eigenvalue weighted by Crippen LogP contribution is -2.57. The molecule has 10 heteroatoms. The summed E-state index contributed by atoms with van der Waals surface area (Å²) in [5.74, 6) is 1.78. The number of methoxy groups -OCH3 is 1. The van der Waals surface area contributed by atoms with Crippen molar-refractivity contribution in [3.63, 3.8) is 0 Å². The Morgan fingerprint density at radius 1 is 1.21 bits per heavy atom. The van der Waals surface area contributed by atoms with Crippen molar-refractivity contribution < 1.29 is 9.53 Å². The van der Waals surface area contributed by atoms with Gasteiger partial charge in [0.25, 0.3) is 0 Å². The van der Waals surface area contributed by atoms with E-state index in [4.69, 9.17) is 10.5 Å². The SMILES string of the molecule is COc1ccc(NC(=O)N2[C@@H]3CC[C@H]2CN(c2nc(N)nc4scnc24)C3)cc1. The molecule has 2 amide bonds. The van der Waals surface area contributed by atoms with Gasteiger partial charge < -0.3 is 25.6 Å². The van der Waals surface area contributed by atoms with Crippen LogP contribution < -0.4 is 20.7 Å². The Morgan fingerprint density at radius 2 is 1.93 bits per heavy atom. The fraction of sp³-hybridized carbons (Fsp3) is 0.368. The van der Waals surface area contributed by atoms with E-state index in [-0.39, 0.29) is 24.1 Å². The second kappa shape index (κ2) is 7.03. The molecule has 29 heavy (non-hydrogen) atoms. The minimum Gasteiger partial charge on any atom is -0.497 e. The molecule has 2 fully saturated rings. The number of urea groups is 1. The molecule has 2 aliphatic rings. The first-order chi connectivity index (χ1) is 14.1. The first-order valence-corrected chi connectivity index (χ1v) is 10.4. The molecule has 1 aromatic carbocycles. The van der Waals surface area contributed by atoms with Gasteiger partial charge >= 0.3 is 6.03 Å². The topological polar surface area (TPSA) is 110 Å². The highest BCUT2D eigenvalue weighted by molar-refractivity contribution is 7.16. The van der Waals surface area contributed by atoms with E-state index in [0.717, 1.165) is 40.4 Å². The number of ether oxygens (including phenoxy) is 1. The molecule has 4 heterocycles. The zero-order valence-electron chi connectivity index (χ0n) is 15.9. The molecule has 2 bridgehead atoms. The normalized spacial score (nSPS) is 20.9. The number of hydrogen-bond donors (Lipinski definition) is 2. The van der Waals surface area contributed by atoms with Crippen LogP contribution in [0.2, 0.25) is 0 Å². The lowest BCUT2D eigenvalue weighted by molar-refractivity contribution is 0.175. The molecule has 2 atom stereocenters. The largest absolute Gasteiger partial charge is 0.497 e. The van der Waals surface area contributed by atoms with Gasteiger partial charge in [0.05, 0.1) is 24.7 Å². The Hall–Kier alpha value is -3.14. The van der Waals surface area contributed by atoms with Crippen LogP contribution >= 0.6 is 11.3 Å². The van der Waals surface area contributed by atoms with E-state index in [9.17, 15) is 4.79 Å². The third-order valence-electron chi connectivity index (χ3n) is 5.55. The predicted octanol–water partition coefficient (Wildman–Crippen LogP) is 2.56. The molecule has 0 spiro atoms. The van der Waals surface area contributed by atoms with E-state index in [0.29, 0.717) is 13.1 Å². The lowest BCUT2D eigenvalue weighted by Gasteiger charge is -2.41. The Morgan fingerprint density at radius 3 is 2.62 bits per heavy atom. The second-order valence-corrected chi connectivity index (χ2v) is 8.10. The van der Waals surface area contributed by atoms with Crippen LogP contribution in [-0.2, 0) is 0 Å². The summed E-state index contributed by atoms with van der Waals surface area (Å²) in [6, 6.07) is 7.54. The molecule has 0 saturated carbocycles. The number of carbonyl (C=O) groups is 1. The Labute approximate surface area is 171 Å². The number of rotatable bonds is 3. The van der Waals surface area contributed by atoms with Crippen molar-refractivity contribution in [2.75, 3.05) is 36.1 Å². The summed E-state index contributed by atoms with van der Waals surface area (Å²) in [5, 5.41) is 3.01. The molecule has 2 saturated heterocycles. The van der Waals surface area contributed by atoms with Gasteiger partial charge in [0.1, 0.15) is 11.3 Å². The first kappa shape index (κ1) is 17.9. The maximum atomic E-state index is 13.0. The summed E-state index contributed by atoms with van der Waals surface area (Å²) in [6.45, 7) is 1.41. The molecule has 3 N–H and O–H groups in total. The number of aromatic nitrogens is 3. The first-order valence-electron chi connectivity index (χ1n) is 9.47. The van der Waals surface area contributed by atoms with Crippen LogP contribution in [0.4, 0.5) is 22.2 Å². The van der Waals surface area contributed by atoms with E-state index >= 15 is 0 Å². The van der Waals surface area contributed by atoms with Gasteiger partial charge in [-0.1, -0.05) is 0 Å². The number of benzene rings is 1. The fourth-order valence-corrected chi connectivity index (χ4v) is 4.91. The second-order valence-electron chi connectivity index (χ2n) is 7.27. The molecule has 3 aromatic rings. The molecule has 150 valence electrons. The molecule has 0 aliphatic carbocycles. The number of nitrogens with one attached hydrogen (secondary N) is 1. The third kappa shape index (κ3) is 3.19. The zero-order valence-corrected chi connectivity index (χ0v) is 16.7. The van der Waals surface area contributed by atoms with Gasteiger partial charge in [0, 0.05) is 18.8 Å². The number of hydrogen-bond acceptors (Lipinski definition) is 8. The third-order valence-corrected chi connectivity index (χ3v) is 6.27. The van der Waals surface area contributed by atoms with Crippen molar-refractivity contribution in [2.24, 2.45) is 0 Å². The van der Waals surface area contributed by atoms with E-state index in [1.807, 2.05) is 29.2 Å². The summed E-state index contributed by atoms with van der Waals surface area (Å²) < 4.78 is 5.17. The Bertz CT molecular complexity index is 1040. The minimum atomic E-state index is -0.0664. The molecule has 5 rings (SSSR count). The molecule has 2 aromatic heterocycles. The zero-order chi connectivity index (χ0) is 20.0. The Kier molecular flexibility index (Phi) is 4.35. The van der Waals surface area contributed by atoms with Gasteiger partial charge in [-0.3, -0.25) is 0 Å². The van der Waals surface area contributed by atoms with E-state index in [2.05, 4.69) is 25.2 Å². The van der Waals surface area contributed by atoms with E-state index in [1.54, 1.807) is 12.6 Å². The van der Waals surface area contributed by atoms with Crippen LogP contribution in [-0.4, -0.2) is 58.2 Å². The molecule has 0 radical (unpaired) electrons. The minimum absolute atomic E-state index is 0.0664. The quantitative estimate of drug-likeness (QED) is 0.682. The smallest absolute Gasteiger partial charge is 0.322 e. The summed E-state index contributed by atoms with van der Waals surface area (Å²) in [5.41, 5.74) is 9.20. The molecule has 0 unspecified atom stereocenters. The maximum absolute atomic E-state index is 13.0. The van der Waals surface area contributed by atoms with Crippen LogP contribution in [0.1, 0.15) is 12.8 Å². The number of nitrogens with two attached hydrogens (primary N) is 1. The Balaban J connectivity index is 1.34. The average Bonchev–Trinajstić information content (AvgIpc) is 3.29. The highest BCUT2D eigenvalue weighted by Gasteiger charge is 2.43. The number of anilines is 3. The number of amides is 2. The molecule has 9 nitrogen and oxygen atoms in total. The molecular formula is C19H21N7O2S. The highest BCUT2D eigenvalue weighted by atomic mass is 32.1. The number of thiazole rings is 1. The average molecular weight is 411 g/mol. The van der Waals surface area contributed by atoms with Gasteiger partial charge in [-0.15, -0.1) is 11.3 Å². The summed E-state index contributed by atoms with van der Waals surface area (Å²) in [4.78, 5) is 31.1. The van der Waals surface area contributed by atoms with Crippen LogP contribution in [0.15, 0.2) is 29.8 Å². The van der Waals surface area contributed by atoms with Crippen LogP contribution in [0.25, 0.3) is 10.3 Å². The summed E-state index contributed by atoms with van der Waals surface area (Å²) >= 11 is 1.45. The van der Waals surface area contributed by atoms with Crippen molar-refractivity contribution in [1.29, 1.82) is 0 Å². The van der Waals surface area contributed by atoms with E-state index < -0.39 is 0 Å². The van der Waals surface area contributed by atoms with Crippen molar-refractivity contribution in [3.8, 4) is 5.75 Å². The number of piperazine rings is 1. The highest BCUT2D eigenvalue weighted by Crippen LogP contribution is 2.35. The van der Waals surface area contributed by atoms with Gasteiger partial charge in [-0.2, -0.15) is 4.98 Å². The van der Waals surface area contributed by atoms with Crippen LogP contribution in [0.5, 0.6) is 5.75 Å². The predicted molar refractivity (Wildman–Crippen MR) is 112 cm³/mol. The van der Waals surface area contributed by atoms with Crippen molar-refractivity contribution in [1.82, 2.24) is 19.9 Å². The number of nitrogens with zero attached hydrogens (tertiary/aromatic N) is 5. The van der Waals surface area contributed by atoms with Crippen molar-refractivity contribution in [2.45, 2.75) is 24.9 Å². The molecular weight excluding hydrogens is 390 g/mol. The van der Waals surface area contributed by atoms with Crippen LogP contribution in [0, 0.1) is 0 Å². The number of nitrogen functional groups attached to an aromatic ring is 1. The van der Waals surface area contributed by atoms with E-state index in [1.165, 1.54) is 11.3 Å². The standard InChI is InChI=1S/C19H21N7O2S/c1-28-14-6-2-11(3-7-14)22-19(27)26-12-4-5-13(26)9-25(8-12)16-15-17(29-10-21-15)24-18(20)23-16/h2-3,6-7,10,12-13H,4-5,8-9H2,1H3,(H,22,27)(H2,20,23,24)/t12-,13+. The molecule has 2 aliphatic heterocycles. The van der Waals surface area contributed by atoms with Crippen molar-refractivity contribution >= 4 is 45.2 Å². The van der Waals surface area contributed by atoms with Crippen LogP contribution in [0.3, 0.4) is 0 Å². The van der Waals surface area contributed by atoms with Gasteiger partial charge in [-0.25, -0.2) is 14.8 Å². The van der Waals surface area contributed by atoms with Gasteiger partial charge in [-0.05, 0) is 37.1 Å².